The molecule has 2 aromatic carbocycles. The van der Waals surface area contributed by atoms with Crippen molar-refractivity contribution in [2.24, 2.45) is 5.92 Å². The van der Waals surface area contributed by atoms with Crippen molar-refractivity contribution >= 4 is 28.0 Å². The van der Waals surface area contributed by atoms with Crippen LogP contribution < -0.4 is 15.4 Å². The van der Waals surface area contributed by atoms with Crippen LogP contribution in [0.2, 0.25) is 0 Å². The molecule has 1 aliphatic carbocycles. The van der Waals surface area contributed by atoms with Gasteiger partial charge in [0, 0.05) is 18.7 Å². The van der Waals surface area contributed by atoms with Gasteiger partial charge in [0.15, 0.2) is 0 Å². The second kappa shape index (κ2) is 10.7. The molecular weight excluding hydrogens is 468 g/mol. The van der Waals surface area contributed by atoms with Gasteiger partial charge in [0.05, 0.1) is 11.4 Å². The minimum absolute atomic E-state index is 0.0264. The van der Waals surface area contributed by atoms with Gasteiger partial charge in [-0.25, -0.2) is 22.7 Å². The zero-order valence-corrected chi connectivity index (χ0v) is 20.0. The van der Waals surface area contributed by atoms with E-state index >= 15 is 0 Å². The molecule has 5 amide bonds. The van der Waals surface area contributed by atoms with Gasteiger partial charge < -0.3 is 10.6 Å². The third-order valence-corrected chi connectivity index (χ3v) is 7.49. The van der Waals surface area contributed by atoms with Crippen LogP contribution in [0.25, 0.3) is 0 Å². The summed E-state index contributed by atoms with van der Waals surface area (Å²) in [5.41, 5.74) is 2.15. The summed E-state index contributed by atoms with van der Waals surface area (Å²) in [6, 6.07) is 12.0. The minimum atomic E-state index is -4.00. The van der Waals surface area contributed by atoms with E-state index in [-0.39, 0.29) is 23.9 Å². The van der Waals surface area contributed by atoms with Gasteiger partial charge in [-0.15, -0.1) is 0 Å². The average molecular weight is 497 g/mol. The summed E-state index contributed by atoms with van der Waals surface area (Å²) in [5, 5.41) is 5.36. The van der Waals surface area contributed by atoms with Crippen LogP contribution in [0.3, 0.4) is 0 Å². The molecule has 0 saturated carbocycles. The lowest BCUT2D eigenvalue weighted by molar-refractivity contribution is 0.0821. The number of nitrogens with zero attached hydrogens (tertiary/aromatic N) is 1. The first-order valence-electron chi connectivity index (χ1n) is 11.6. The van der Waals surface area contributed by atoms with Crippen LogP contribution in [0.5, 0.6) is 0 Å². The predicted octanol–water partition coefficient (Wildman–Crippen LogP) is 2.94. The fourth-order valence-corrected chi connectivity index (χ4v) is 5.09. The second-order valence-corrected chi connectivity index (χ2v) is 10.3. The van der Waals surface area contributed by atoms with Gasteiger partial charge in [-0.1, -0.05) is 42.5 Å². The van der Waals surface area contributed by atoms with Gasteiger partial charge in [0.1, 0.15) is 0 Å². The molecule has 0 spiro atoms. The molecule has 0 saturated heterocycles. The maximum Gasteiger partial charge on any atom is 0.328 e. The smallest absolute Gasteiger partial charge is 0.328 e. The lowest BCUT2D eigenvalue weighted by Crippen LogP contribution is -2.41. The van der Waals surface area contributed by atoms with Crippen molar-refractivity contribution in [3.63, 3.8) is 0 Å². The van der Waals surface area contributed by atoms with E-state index in [1.54, 1.807) is 24.3 Å². The zero-order chi connectivity index (χ0) is 24.8. The first kappa shape index (κ1) is 24.5. The Balaban J connectivity index is 1.23. The van der Waals surface area contributed by atoms with E-state index in [4.69, 9.17) is 0 Å². The standard InChI is InChI=1S/C25H28N4O5S/c30-23-22-9-5-4-8-20(22)17-29(23)25(32)26-15-14-18-10-12-21(13-11-18)35(33,34)28-24(31)27-16-19-6-2-1-3-7-19/h1-2,4-5,8-13,19H,3,6-7,14-17H2,(H,26,32)(H2,27,28,31). The number of carbonyl (C=O) groups excluding carboxylic acids is 3. The lowest BCUT2D eigenvalue weighted by Gasteiger charge is -2.18. The molecule has 184 valence electrons. The van der Waals surface area contributed by atoms with E-state index < -0.39 is 22.1 Å². The molecule has 2 aliphatic rings. The van der Waals surface area contributed by atoms with E-state index in [9.17, 15) is 22.8 Å². The van der Waals surface area contributed by atoms with Gasteiger partial charge >= 0.3 is 12.1 Å². The highest BCUT2D eigenvalue weighted by molar-refractivity contribution is 7.90. The van der Waals surface area contributed by atoms with Crippen LogP contribution in [-0.4, -0.2) is 44.4 Å². The first-order valence-corrected chi connectivity index (χ1v) is 13.0. The third kappa shape index (κ3) is 6.07. The van der Waals surface area contributed by atoms with Crippen molar-refractivity contribution in [1.82, 2.24) is 20.3 Å². The summed E-state index contributed by atoms with van der Waals surface area (Å²) in [5.74, 6) is -0.00749. The van der Waals surface area contributed by atoms with Crippen LogP contribution in [0, 0.1) is 5.92 Å². The number of imide groups is 1. The second-order valence-electron chi connectivity index (χ2n) is 8.64. The van der Waals surface area contributed by atoms with E-state index in [0.29, 0.717) is 24.4 Å². The Labute approximate surface area is 204 Å². The van der Waals surface area contributed by atoms with Crippen molar-refractivity contribution in [3.8, 4) is 0 Å². The summed E-state index contributed by atoms with van der Waals surface area (Å²) in [6.45, 7) is 0.944. The highest BCUT2D eigenvalue weighted by atomic mass is 32.2. The molecule has 2 aromatic rings. The molecular formula is C25H28N4O5S. The first-order chi connectivity index (χ1) is 16.8. The molecule has 9 nitrogen and oxygen atoms in total. The highest BCUT2D eigenvalue weighted by Crippen LogP contribution is 2.22. The molecule has 10 heteroatoms. The summed E-state index contributed by atoms with van der Waals surface area (Å²) < 4.78 is 27.0. The number of hydrogen-bond donors (Lipinski definition) is 3. The number of amides is 5. The van der Waals surface area contributed by atoms with Crippen molar-refractivity contribution in [2.45, 2.75) is 37.1 Å². The third-order valence-electron chi connectivity index (χ3n) is 6.15. The molecule has 1 heterocycles. The quantitative estimate of drug-likeness (QED) is 0.509. The van der Waals surface area contributed by atoms with Crippen molar-refractivity contribution in [1.29, 1.82) is 0 Å². The van der Waals surface area contributed by atoms with Gasteiger partial charge in [-0.2, -0.15) is 0 Å². The number of sulfonamides is 1. The molecule has 1 aliphatic heterocycles. The average Bonchev–Trinajstić information content (AvgIpc) is 3.20. The van der Waals surface area contributed by atoms with Gasteiger partial charge in [0.25, 0.3) is 15.9 Å². The normalized spacial score (nSPS) is 17.1. The number of benzene rings is 2. The SMILES string of the molecule is O=C(NCC1CC=CCC1)NS(=O)(=O)c1ccc(CCNC(=O)N2Cc3ccccc3C2=O)cc1. The molecule has 1 atom stereocenters. The maximum atomic E-state index is 12.5. The predicted molar refractivity (Wildman–Crippen MR) is 130 cm³/mol. The molecule has 0 radical (unpaired) electrons. The van der Waals surface area contributed by atoms with Gasteiger partial charge in [0.2, 0.25) is 0 Å². The summed E-state index contributed by atoms with van der Waals surface area (Å²) >= 11 is 0. The van der Waals surface area contributed by atoms with Crippen molar-refractivity contribution in [2.75, 3.05) is 13.1 Å². The molecule has 35 heavy (non-hydrogen) atoms. The number of hydrogen-bond acceptors (Lipinski definition) is 5. The molecule has 3 N–H and O–H groups in total. The Kier molecular flexibility index (Phi) is 7.50. The van der Waals surface area contributed by atoms with E-state index in [1.165, 1.54) is 17.0 Å². The van der Waals surface area contributed by atoms with Crippen molar-refractivity contribution < 1.29 is 22.8 Å². The Hall–Kier alpha value is -3.66. The number of allylic oxidation sites excluding steroid dienone is 2. The Bertz CT molecular complexity index is 1240. The van der Waals surface area contributed by atoms with Gasteiger partial charge in [-0.3, -0.25) is 9.69 Å². The van der Waals surface area contributed by atoms with Gasteiger partial charge in [-0.05, 0) is 60.9 Å². The van der Waals surface area contributed by atoms with E-state index in [0.717, 1.165) is 30.4 Å². The number of fused-ring (bicyclic) bond motifs is 1. The highest BCUT2D eigenvalue weighted by Gasteiger charge is 2.31. The molecule has 0 aromatic heterocycles. The van der Waals surface area contributed by atoms with Crippen LogP contribution in [0.15, 0.2) is 65.6 Å². The summed E-state index contributed by atoms with van der Waals surface area (Å²) in [6.07, 6.45) is 7.43. The Morgan fingerprint density at radius 3 is 2.49 bits per heavy atom. The fourth-order valence-electron chi connectivity index (χ4n) is 4.16. The molecule has 1 unspecified atom stereocenters. The van der Waals surface area contributed by atoms with Crippen LogP contribution in [0.1, 0.15) is 40.7 Å². The Morgan fingerprint density at radius 1 is 1.00 bits per heavy atom. The van der Waals surface area contributed by atoms with Crippen LogP contribution >= 0.6 is 0 Å². The monoisotopic (exact) mass is 496 g/mol. The largest absolute Gasteiger partial charge is 0.337 e. The van der Waals surface area contributed by atoms with Crippen LogP contribution in [-0.2, 0) is 23.0 Å². The fraction of sp³-hybridized carbons (Fsp3) is 0.320. The van der Waals surface area contributed by atoms with E-state index in [1.807, 2.05) is 16.9 Å². The van der Waals surface area contributed by atoms with Crippen LogP contribution in [0.4, 0.5) is 9.59 Å². The molecule has 4 rings (SSSR count). The number of carbonyl (C=O) groups is 3. The lowest BCUT2D eigenvalue weighted by atomic mass is 9.94. The minimum Gasteiger partial charge on any atom is -0.337 e. The van der Waals surface area contributed by atoms with E-state index in [2.05, 4.69) is 22.8 Å². The summed E-state index contributed by atoms with van der Waals surface area (Å²) in [4.78, 5) is 38.0. The molecule has 0 bridgehead atoms. The topological polar surface area (TPSA) is 125 Å². The molecule has 0 fully saturated rings. The maximum absolute atomic E-state index is 12.5. The number of urea groups is 2. The van der Waals surface area contributed by atoms with Crippen molar-refractivity contribution in [3.05, 3.63) is 77.4 Å². The zero-order valence-electron chi connectivity index (χ0n) is 19.2. The Morgan fingerprint density at radius 2 is 1.77 bits per heavy atom. The number of nitrogens with one attached hydrogen (secondary N) is 3. The summed E-state index contributed by atoms with van der Waals surface area (Å²) in [7, 11) is -4.00. The number of rotatable bonds is 7.